The van der Waals surface area contributed by atoms with Gasteiger partial charge < -0.3 is 9.73 Å². The van der Waals surface area contributed by atoms with Gasteiger partial charge in [-0.15, -0.1) is 48.3 Å². The number of hydrogen-bond donors (Lipinski definition) is 1. The second kappa shape index (κ2) is 16.3. The van der Waals surface area contributed by atoms with Crippen molar-refractivity contribution < 1.29 is 9.21 Å². The normalized spacial score (nSPS) is 14.4. The van der Waals surface area contributed by atoms with Crippen molar-refractivity contribution in [1.82, 2.24) is 19.8 Å². The molecular formula is C27H39Cl2N5O2S3. The van der Waals surface area contributed by atoms with Gasteiger partial charge in [0.2, 0.25) is 5.91 Å². The predicted molar refractivity (Wildman–Crippen MR) is 172 cm³/mol. The Labute approximate surface area is 257 Å². The summed E-state index contributed by atoms with van der Waals surface area (Å²) in [5, 5.41) is 5.66. The number of pyridine rings is 1. The molecule has 7 nitrogen and oxygen atoms in total. The molecule has 0 radical (unpaired) electrons. The fraction of sp³-hybridized carbons (Fsp3) is 0.519. The lowest BCUT2D eigenvalue weighted by Crippen LogP contribution is -2.49. The fourth-order valence-electron chi connectivity index (χ4n) is 4.11. The number of rotatable bonds is 11. The number of amides is 1. The zero-order chi connectivity index (χ0) is 26.4. The number of fused-ring (bicyclic) bond motifs is 1. The van der Waals surface area contributed by atoms with Crippen molar-refractivity contribution in [3.63, 3.8) is 0 Å². The Morgan fingerprint density at radius 1 is 1.00 bits per heavy atom. The second-order valence-corrected chi connectivity index (χ2v) is 14.0. The summed E-state index contributed by atoms with van der Waals surface area (Å²) in [6.07, 6.45) is 0. The van der Waals surface area contributed by atoms with Gasteiger partial charge in [-0.3, -0.25) is 14.6 Å². The van der Waals surface area contributed by atoms with Crippen molar-refractivity contribution in [2.24, 2.45) is 0 Å². The fourth-order valence-corrected chi connectivity index (χ4v) is 6.95. The molecule has 4 rings (SSSR count). The number of aryl methyl sites for hydroxylation is 1. The average molecular weight is 633 g/mol. The van der Waals surface area contributed by atoms with Crippen molar-refractivity contribution in [2.75, 3.05) is 50.3 Å². The zero-order valence-electron chi connectivity index (χ0n) is 23.1. The van der Waals surface area contributed by atoms with E-state index in [1.54, 1.807) is 35.3 Å². The van der Waals surface area contributed by atoms with Crippen LogP contribution in [0.25, 0.3) is 11.1 Å². The van der Waals surface area contributed by atoms with E-state index in [2.05, 4.69) is 53.9 Å². The van der Waals surface area contributed by atoms with E-state index < -0.39 is 0 Å². The first-order chi connectivity index (χ1) is 17.8. The molecule has 2 aromatic heterocycles. The molecule has 1 saturated heterocycles. The van der Waals surface area contributed by atoms with Crippen molar-refractivity contribution in [3.05, 3.63) is 36.0 Å². The van der Waals surface area contributed by atoms with E-state index in [0.717, 1.165) is 76.1 Å². The lowest BCUT2D eigenvalue weighted by Gasteiger charge is -2.34. The molecule has 1 aromatic carbocycles. The first-order valence-electron chi connectivity index (χ1n) is 12.8. The van der Waals surface area contributed by atoms with E-state index in [0.29, 0.717) is 17.0 Å². The molecule has 0 spiro atoms. The van der Waals surface area contributed by atoms with Crippen LogP contribution in [-0.2, 0) is 4.79 Å². The summed E-state index contributed by atoms with van der Waals surface area (Å²) >= 11 is 5.13. The summed E-state index contributed by atoms with van der Waals surface area (Å²) in [5.74, 6) is 0.960. The van der Waals surface area contributed by atoms with Gasteiger partial charge in [0.15, 0.2) is 5.58 Å². The maximum Gasteiger partial charge on any atom is 0.256 e. The van der Waals surface area contributed by atoms with Crippen LogP contribution in [-0.4, -0.2) is 81.2 Å². The van der Waals surface area contributed by atoms with Crippen molar-refractivity contribution in [3.8, 4) is 0 Å². The maximum absolute atomic E-state index is 13.1. The predicted octanol–water partition coefficient (Wildman–Crippen LogP) is 6.72. The average Bonchev–Trinajstić information content (AvgIpc) is 3.24. The first kappa shape index (κ1) is 34.1. The largest absolute Gasteiger partial charge is 0.431 e. The molecule has 39 heavy (non-hydrogen) atoms. The van der Waals surface area contributed by atoms with Gasteiger partial charge >= 0.3 is 0 Å². The van der Waals surface area contributed by atoms with E-state index in [1.165, 1.54) is 0 Å². The number of halogens is 2. The van der Waals surface area contributed by atoms with E-state index in [4.69, 9.17) is 9.40 Å². The molecule has 1 N–H and O–H groups in total. The number of carbonyl (C=O) groups is 1. The number of benzene rings is 1. The van der Waals surface area contributed by atoms with Crippen molar-refractivity contribution in [2.45, 2.75) is 60.3 Å². The van der Waals surface area contributed by atoms with E-state index in [1.807, 2.05) is 31.2 Å². The highest BCUT2D eigenvalue weighted by molar-refractivity contribution is 8.01. The van der Waals surface area contributed by atoms with Gasteiger partial charge in [-0.2, -0.15) is 0 Å². The highest BCUT2D eigenvalue weighted by atomic mass is 35.5. The molecule has 3 heterocycles. The molecule has 216 valence electrons. The minimum atomic E-state index is 0. The minimum Gasteiger partial charge on any atom is -0.431 e. The topological polar surface area (TPSA) is 74.5 Å². The minimum absolute atomic E-state index is 0. The highest BCUT2D eigenvalue weighted by Crippen LogP contribution is 2.38. The summed E-state index contributed by atoms with van der Waals surface area (Å²) in [7, 11) is 0. The first-order valence-corrected chi connectivity index (χ1v) is 15.6. The third kappa shape index (κ3) is 10.3. The maximum atomic E-state index is 13.1. The van der Waals surface area contributed by atoms with Crippen LogP contribution in [0.5, 0.6) is 0 Å². The lowest BCUT2D eigenvalue weighted by molar-refractivity contribution is -0.117. The number of para-hydroxylation sites is 2. The number of thioether (sulfide) groups is 3. The summed E-state index contributed by atoms with van der Waals surface area (Å²) in [6, 6.07) is 9.95. The van der Waals surface area contributed by atoms with Crippen LogP contribution < -0.4 is 5.32 Å². The van der Waals surface area contributed by atoms with Gasteiger partial charge in [0, 0.05) is 59.6 Å². The second-order valence-electron chi connectivity index (χ2n) is 9.74. The molecule has 0 bridgehead atoms. The van der Waals surface area contributed by atoms with Crippen LogP contribution in [0.1, 0.15) is 33.4 Å². The van der Waals surface area contributed by atoms with Crippen LogP contribution in [0.15, 0.2) is 49.9 Å². The number of oxazole rings is 1. The smallest absolute Gasteiger partial charge is 0.256 e. The molecule has 1 aliphatic heterocycles. The number of piperazine rings is 1. The van der Waals surface area contributed by atoms with Crippen LogP contribution in [0.2, 0.25) is 0 Å². The molecule has 0 aliphatic carbocycles. The van der Waals surface area contributed by atoms with Gasteiger partial charge in [0.25, 0.3) is 5.22 Å². The third-order valence-electron chi connectivity index (χ3n) is 5.79. The molecule has 1 amide bonds. The Morgan fingerprint density at radius 2 is 1.67 bits per heavy atom. The summed E-state index contributed by atoms with van der Waals surface area (Å²) < 4.78 is 5.81. The van der Waals surface area contributed by atoms with Gasteiger partial charge in [0.05, 0.1) is 12.2 Å². The van der Waals surface area contributed by atoms with Gasteiger partial charge in [-0.25, -0.2) is 9.97 Å². The Balaban J connectivity index is 0.00000267. The standard InChI is InChI=1S/C27H37N5O2S3.2ClH/c1-18(2)36-23-16-20(5)28-26(37-19(3)4)25(23)30-24(33)17-32-12-10-31(11-13-32)14-15-35-27-29-21-8-6-7-9-22(21)34-27;;/h6-9,16,18-19H,10-15,17H2,1-5H3,(H,30,33);2*1H. The molecule has 1 aliphatic rings. The SMILES string of the molecule is Cc1cc(SC(C)C)c(NC(=O)CN2CCN(CCSc3nc4ccccc4o3)CC2)c(SC(C)C)n1.Cl.Cl. The van der Waals surface area contributed by atoms with Crippen LogP contribution in [0.4, 0.5) is 5.69 Å². The molecule has 3 aromatic rings. The summed E-state index contributed by atoms with van der Waals surface area (Å²) in [6.45, 7) is 15.7. The van der Waals surface area contributed by atoms with Crippen LogP contribution in [0, 0.1) is 6.92 Å². The molecule has 0 saturated carbocycles. The number of aromatic nitrogens is 2. The molecule has 1 fully saturated rings. The van der Waals surface area contributed by atoms with Gasteiger partial charge in [-0.05, 0) is 25.1 Å². The Bertz CT molecular complexity index is 1140. The van der Waals surface area contributed by atoms with E-state index >= 15 is 0 Å². The molecule has 0 atom stereocenters. The van der Waals surface area contributed by atoms with Crippen molar-refractivity contribution >= 4 is 82.8 Å². The third-order valence-corrected chi connectivity index (χ3v) is 8.64. The quantitative estimate of drug-likeness (QED) is 0.232. The van der Waals surface area contributed by atoms with E-state index in [-0.39, 0.29) is 30.7 Å². The van der Waals surface area contributed by atoms with Gasteiger partial charge in [-0.1, -0.05) is 51.6 Å². The lowest BCUT2D eigenvalue weighted by atomic mass is 10.3. The number of anilines is 1. The van der Waals surface area contributed by atoms with Crippen molar-refractivity contribution in [1.29, 1.82) is 0 Å². The number of nitrogens with zero attached hydrogens (tertiary/aromatic N) is 4. The summed E-state index contributed by atoms with van der Waals surface area (Å²) in [4.78, 5) is 28.2. The molecule has 0 unspecified atom stereocenters. The van der Waals surface area contributed by atoms with Crippen LogP contribution >= 0.6 is 60.1 Å². The van der Waals surface area contributed by atoms with Gasteiger partial charge in [0.1, 0.15) is 10.5 Å². The Hall–Kier alpha value is -1.14. The monoisotopic (exact) mass is 631 g/mol. The zero-order valence-corrected chi connectivity index (χ0v) is 27.2. The Kier molecular flexibility index (Phi) is 14.3. The highest BCUT2D eigenvalue weighted by Gasteiger charge is 2.22. The number of nitrogens with one attached hydrogen (secondary N) is 1. The van der Waals surface area contributed by atoms with E-state index in [9.17, 15) is 4.79 Å². The molecular weight excluding hydrogens is 593 g/mol. The number of hydrogen-bond acceptors (Lipinski definition) is 9. The van der Waals surface area contributed by atoms with Crippen LogP contribution in [0.3, 0.4) is 0 Å². The Morgan fingerprint density at radius 3 is 2.33 bits per heavy atom. The molecule has 12 heteroatoms. The summed E-state index contributed by atoms with van der Waals surface area (Å²) in [5.41, 5.74) is 3.59. The number of carbonyl (C=O) groups excluding carboxylic acids is 1.